The smallest absolute Gasteiger partial charge is 0.214 e. The zero-order valence-corrected chi connectivity index (χ0v) is 18.2. The van der Waals surface area contributed by atoms with E-state index in [4.69, 9.17) is 4.84 Å². The van der Waals surface area contributed by atoms with Crippen LogP contribution in [0.4, 0.5) is 0 Å². The van der Waals surface area contributed by atoms with Crippen molar-refractivity contribution in [3.8, 4) is 0 Å². The van der Waals surface area contributed by atoms with Crippen molar-refractivity contribution < 1.29 is 21.7 Å². The van der Waals surface area contributed by atoms with Crippen LogP contribution in [0.2, 0.25) is 0 Å². The first-order chi connectivity index (χ1) is 14.3. The maximum absolute atomic E-state index is 13.9. The molecule has 1 saturated carbocycles. The lowest BCUT2D eigenvalue weighted by atomic mass is 9.76. The summed E-state index contributed by atoms with van der Waals surface area (Å²) in [5.74, 6) is 0. The third kappa shape index (κ3) is 2.74. The molecule has 2 heterocycles. The van der Waals surface area contributed by atoms with E-state index in [1.807, 2.05) is 0 Å². The van der Waals surface area contributed by atoms with E-state index in [1.54, 1.807) is 41.5 Å². The van der Waals surface area contributed by atoms with E-state index in [-0.39, 0.29) is 22.8 Å². The molecule has 8 heteroatoms. The molecular formula is C22H25NO5S2. The largest absolute Gasteiger partial charge is 0.274 e. The highest BCUT2D eigenvalue weighted by atomic mass is 32.2. The van der Waals surface area contributed by atoms with Gasteiger partial charge in [-0.2, -0.15) is 5.06 Å². The van der Waals surface area contributed by atoms with Crippen molar-refractivity contribution >= 4 is 19.7 Å². The van der Waals surface area contributed by atoms with Crippen LogP contribution in [-0.4, -0.2) is 44.2 Å². The number of hydroxylamine groups is 2. The molecule has 6 nitrogen and oxygen atoms in total. The zero-order valence-electron chi connectivity index (χ0n) is 16.6. The van der Waals surface area contributed by atoms with Gasteiger partial charge in [-0.25, -0.2) is 16.8 Å². The van der Waals surface area contributed by atoms with Crippen LogP contribution >= 0.6 is 0 Å². The molecule has 3 fully saturated rings. The second-order valence-electron chi connectivity index (χ2n) is 8.59. The highest BCUT2D eigenvalue weighted by molar-refractivity contribution is 7.96. The standard InChI is InChI=1S/C22H25NO5S2/c24-29(25,18-10-4-1-5-11-18)20-16-23-21(14-8-3-9-15-21)17-22(20,28-23)30(26,27)19-12-6-2-7-13-19/h1-2,4-7,10-13,20H,3,8-9,14-17H2/t20-,22?/m1/s1. The summed E-state index contributed by atoms with van der Waals surface area (Å²) in [7, 11) is -7.99. The van der Waals surface area contributed by atoms with Crippen molar-refractivity contribution in [2.45, 2.75) is 64.0 Å². The van der Waals surface area contributed by atoms with Crippen molar-refractivity contribution in [2.24, 2.45) is 0 Å². The number of nitrogens with zero attached hydrogens (tertiary/aromatic N) is 1. The van der Waals surface area contributed by atoms with Crippen LogP contribution in [0.25, 0.3) is 0 Å². The van der Waals surface area contributed by atoms with Gasteiger partial charge < -0.3 is 0 Å². The van der Waals surface area contributed by atoms with Crippen molar-refractivity contribution in [3.63, 3.8) is 0 Å². The van der Waals surface area contributed by atoms with Gasteiger partial charge in [0.25, 0.3) is 0 Å². The van der Waals surface area contributed by atoms with E-state index in [0.717, 1.165) is 32.1 Å². The van der Waals surface area contributed by atoms with Gasteiger partial charge in [0, 0.05) is 13.0 Å². The zero-order chi connectivity index (χ0) is 21.0. The van der Waals surface area contributed by atoms with Gasteiger partial charge in [-0.1, -0.05) is 55.7 Å². The van der Waals surface area contributed by atoms with Crippen molar-refractivity contribution in [1.82, 2.24) is 5.06 Å². The molecule has 0 radical (unpaired) electrons. The molecule has 0 amide bonds. The highest BCUT2D eigenvalue weighted by Crippen LogP contribution is 2.58. The maximum atomic E-state index is 13.9. The molecule has 3 atom stereocenters. The second-order valence-corrected chi connectivity index (χ2v) is 12.9. The van der Waals surface area contributed by atoms with Crippen LogP contribution in [0.15, 0.2) is 70.5 Å². The molecule has 2 aromatic rings. The molecule has 160 valence electrons. The monoisotopic (exact) mass is 447 g/mol. The number of sulfone groups is 2. The Bertz CT molecular complexity index is 1140. The molecule has 2 bridgehead atoms. The Morgan fingerprint density at radius 2 is 1.37 bits per heavy atom. The fraction of sp³-hybridized carbons (Fsp3) is 0.455. The van der Waals surface area contributed by atoms with Gasteiger partial charge >= 0.3 is 0 Å². The van der Waals surface area contributed by atoms with Crippen molar-refractivity contribution in [2.75, 3.05) is 6.54 Å². The lowest BCUT2D eigenvalue weighted by Gasteiger charge is -2.43. The van der Waals surface area contributed by atoms with Gasteiger partial charge in [-0.15, -0.1) is 0 Å². The van der Waals surface area contributed by atoms with Crippen LogP contribution in [-0.2, 0) is 24.5 Å². The average molecular weight is 448 g/mol. The minimum absolute atomic E-state index is 0.0727. The minimum Gasteiger partial charge on any atom is -0.274 e. The van der Waals surface area contributed by atoms with Gasteiger partial charge in [0.15, 0.2) is 9.84 Å². The lowest BCUT2D eigenvalue weighted by molar-refractivity contribution is -0.159. The van der Waals surface area contributed by atoms with Crippen molar-refractivity contribution in [3.05, 3.63) is 60.7 Å². The highest BCUT2D eigenvalue weighted by Gasteiger charge is 2.73. The number of hydrogen-bond acceptors (Lipinski definition) is 6. The summed E-state index contributed by atoms with van der Waals surface area (Å²) in [4.78, 5) is 4.59. The first-order valence-electron chi connectivity index (χ1n) is 10.4. The summed E-state index contributed by atoms with van der Waals surface area (Å²) in [6, 6.07) is 16.2. The van der Waals surface area contributed by atoms with Gasteiger partial charge in [0.2, 0.25) is 14.8 Å². The predicted octanol–water partition coefficient (Wildman–Crippen LogP) is 3.35. The van der Waals surface area contributed by atoms with E-state index in [1.165, 1.54) is 24.3 Å². The summed E-state index contributed by atoms with van der Waals surface area (Å²) >= 11 is 0. The molecule has 1 spiro atoms. The summed E-state index contributed by atoms with van der Waals surface area (Å²) in [5.41, 5.74) is -0.400. The normalized spacial score (nSPS) is 30.5. The summed E-state index contributed by atoms with van der Waals surface area (Å²) < 4.78 is 55.0. The number of fused-ring (bicyclic) bond motifs is 3. The van der Waals surface area contributed by atoms with E-state index in [2.05, 4.69) is 0 Å². The maximum Gasteiger partial charge on any atom is 0.214 e. The number of benzene rings is 2. The van der Waals surface area contributed by atoms with E-state index in [9.17, 15) is 16.8 Å². The quantitative estimate of drug-likeness (QED) is 0.715. The molecule has 2 aromatic carbocycles. The summed E-state index contributed by atoms with van der Waals surface area (Å²) in [6.45, 7) is 0.0727. The molecule has 0 aromatic heterocycles. The number of piperidine rings is 1. The summed E-state index contributed by atoms with van der Waals surface area (Å²) in [5, 5.41) is 0.530. The lowest BCUT2D eigenvalue weighted by Crippen LogP contribution is -2.58. The molecule has 2 saturated heterocycles. The third-order valence-electron chi connectivity index (χ3n) is 6.93. The van der Waals surface area contributed by atoms with Crippen molar-refractivity contribution in [1.29, 1.82) is 0 Å². The molecule has 3 aliphatic rings. The fourth-order valence-electron chi connectivity index (χ4n) is 5.42. The molecule has 2 unspecified atom stereocenters. The molecule has 0 N–H and O–H groups in total. The third-order valence-corrected chi connectivity index (χ3v) is 11.6. The predicted molar refractivity (Wildman–Crippen MR) is 112 cm³/mol. The van der Waals surface area contributed by atoms with E-state index >= 15 is 0 Å². The van der Waals surface area contributed by atoms with Crippen LogP contribution in [0.3, 0.4) is 0 Å². The Morgan fingerprint density at radius 3 is 1.97 bits per heavy atom. The van der Waals surface area contributed by atoms with Gasteiger partial charge in [-0.3, -0.25) is 4.84 Å². The Kier molecular flexibility index (Phi) is 4.63. The van der Waals surface area contributed by atoms with Gasteiger partial charge in [0.1, 0.15) is 5.25 Å². The Morgan fingerprint density at radius 1 is 0.800 bits per heavy atom. The van der Waals surface area contributed by atoms with Gasteiger partial charge in [0.05, 0.1) is 15.3 Å². The topological polar surface area (TPSA) is 80.8 Å². The first-order valence-corrected chi connectivity index (χ1v) is 13.4. The summed E-state index contributed by atoms with van der Waals surface area (Å²) in [6.07, 6.45) is 4.96. The Hall–Kier alpha value is -1.74. The first kappa shape index (κ1) is 20.2. The van der Waals surface area contributed by atoms with E-state index in [0.29, 0.717) is 0 Å². The molecule has 2 aliphatic heterocycles. The Labute approximate surface area is 177 Å². The minimum atomic E-state index is -4.07. The molecular weight excluding hydrogens is 422 g/mol. The molecule has 1 aliphatic carbocycles. The van der Waals surface area contributed by atoms with Crippen LogP contribution in [0.1, 0.15) is 38.5 Å². The van der Waals surface area contributed by atoms with Crippen LogP contribution in [0, 0.1) is 0 Å². The average Bonchev–Trinajstić information content (AvgIpc) is 3.31. The van der Waals surface area contributed by atoms with Crippen LogP contribution < -0.4 is 0 Å². The van der Waals surface area contributed by atoms with E-state index < -0.39 is 35.4 Å². The number of hydrogen-bond donors (Lipinski definition) is 0. The molecule has 30 heavy (non-hydrogen) atoms. The fourth-order valence-corrected chi connectivity index (χ4v) is 9.95. The van der Waals surface area contributed by atoms with Crippen LogP contribution in [0.5, 0.6) is 0 Å². The Balaban J connectivity index is 1.66. The number of rotatable bonds is 4. The van der Waals surface area contributed by atoms with Gasteiger partial charge in [-0.05, 0) is 37.1 Å². The second kappa shape index (κ2) is 6.88. The SMILES string of the molecule is O=S(=O)(c1ccccc1)[C@@H]1CN2OC1(S(=O)(=O)c1ccccc1)CC21CCCCC1. The molecule has 5 rings (SSSR count).